The van der Waals surface area contributed by atoms with Crippen molar-refractivity contribution in [2.75, 3.05) is 24.6 Å². The molecule has 2 saturated carbocycles. The minimum absolute atomic E-state index is 0.0185. The second-order valence-corrected chi connectivity index (χ2v) is 11.3. The molecule has 0 amide bonds. The largest absolute Gasteiger partial charge is 0.465 e. The fraction of sp³-hybridized carbons (Fsp3) is 0.600. The molecule has 2 fully saturated rings. The van der Waals surface area contributed by atoms with E-state index in [4.69, 9.17) is 4.74 Å². The van der Waals surface area contributed by atoms with Crippen LogP contribution in [0.1, 0.15) is 56.4 Å². The number of fused-ring (bicyclic) bond motifs is 6. The molecule has 0 N–H and O–H groups in total. The lowest BCUT2D eigenvalue weighted by atomic mass is 9.75. The number of thiazole rings is 1. The van der Waals surface area contributed by atoms with Crippen LogP contribution in [-0.2, 0) is 16.1 Å². The molecule has 2 aromatic rings. The van der Waals surface area contributed by atoms with E-state index < -0.39 is 0 Å². The van der Waals surface area contributed by atoms with Crippen molar-refractivity contribution in [3.05, 3.63) is 44.4 Å². The molecule has 0 radical (unpaired) electrons. The number of carbonyl (C=O) groups is 1. The molecule has 1 aromatic heterocycles. The molecule has 5 atom stereocenters. The zero-order valence-corrected chi connectivity index (χ0v) is 20.7. The molecular weight excluding hydrogens is 440 g/mol. The second-order valence-electron chi connectivity index (χ2n) is 9.16. The Balaban J connectivity index is 1.56. The van der Waals surface area contributed by atoms with Crippen molar-refractivity contribution in [2.45, 2.75) is 62.8 Å². The number of esters is 1. The maximum Gasteiger partial charge on any atom is 0.326 e. The van der Waals surface area contributed by atoms with E-state index in [1.165, 1.54) is 41.9 Å². The third-order valence-corrected chi connectivity index (χ3v) is 10.5. The lowest BCUT2D eigenvalue weighted by Gasteiger charge is -2.40. The molecule has 172 valence electrons. The highest BCUT2D eigenvalue weighted by atomic mass is 32.2. The number of anilines is 1. The molecule has 3 aliphatic rings. The van der Waals surface area contributed by atoms with Crippen LogP contribution in [0.2, 0.25) is 0 Å². The van der Waals surface area contributed by atoms with Crippen molar-refractivity contribution in [3.8, 4) is 0 Å². The van der Waals surface area contributed by atoms with Gasteiger partial charge in [0.1, 0.15) is 6.54 Å². The van der Waals surface area contributed by atoms with E-state index in [0.29, 0.717) is 17.8 Å². The molecular formula is C25H32N2O3S2. The van der Waals surface area contributed by atoms with Crippen LogP contribution < -0.4 is 9.77 Å². The van der Waals surface area contributed by atoms with Gasteiger partial charge in [-0.2, -0.15) is 0 Å². The Morgan fingerprint density at radius 3 is 2.53 bits per heavy atom. The number of carbonyl (C=O) groups excluding carboxylic acids is 1. The number of hydrogen-bond donors (Lipinski definition) is 0. The molecule has 2 bridgehead atoms. The van der Waals surface area contributed by atoms with Crippen LogP contribution in [0.25, 0.3) is 0 Å². The summed E-state index contributed by atoms with van der Waals surface area (Å²) >= 11 is 3.21. The monoisotopic (exact) mass is 472 g/mol. The van der Waals surface area contributed by atoms with E-state index in [2.05, 4.69) is 43.0 Å². The van der Waals surface area contributed by atoms with Crippen LogP contribution in [0.4, 0.5) is 5.69 Å². The minimum Gasteiger partial charge on any atom is -0.465 e. The van der Waals surface area contributed by atoms with Gasteiger partial charge < -0.3 is 9.64 Å². The van der Waals surface area contributed by atoms with Crippen molar-refractivity contribution >= 4 is 34.8 Å². The summed E-state index contributed by atoms with van der Waals surface area (Å²) in [6, 6.07) is 9.04. The summed E-state index contributed by atoms with van der Waals surface area (Å²) in [6.45, 7) is 8.51. The topological polar surface area (TPSA) is 51.5 Å². The van der Waals surface area contributed by atoms with Crippen LogP contribution in [0.15, 0.2) is 34.1 Å². The van der Waals surface area contributed by atoms with Gasteiger partial charge in [-0.3, -0.25) is 14.2 Å². The van der Waals surface area contributed by atoms with Crippen molar-refractivity contribution in [3.63, 3.8) is 0 Å². The average Bonchev–Trinajstić information content (AvgIpc) is 3.48. The Morgan fingerprint density at radius 2 is 1.84 bits per heavy atom. The molecule has 7 heteroatoms. The highest BCUT2D eigenvalue weighted by molar-refractivity contribution is 8.00. The first kappa shape index (κ1) is 22.1. The van der Waals surface area contributed by atoms with E-state index in [1.54, 1.807) is 11.5 Å². The van der Waals surface area contributed by atoms with Crippen LogP contribution in [0.5, 0.6) is 0 Å². The van der Waals surface area contributed by atoms with Gasteiger partial charge in [-0.05, 0) is 75.5 Å². The fourth-order valence-corrected chi connectivity index (χ4v) is 9.43. The van der Waals surface area contributed by atoms with E-state index in [-0.39, 0.29) is 23.3 Å². The predicted molar refractivity (Wildman–Crippen MR) is 131 cm³/mol. The van der Waals surface area contributed by atoms with Gasteiger partial charge in [0.25, 0.3) is 0 Å². The Hall–Kier alpha value is -1.73. The quantitative estimate of drug-likeness (QED) is 0.533. The Labute approximate surface area is 198 Å². The number of hydrogen-bond acceptors (Lipinski definition) is 6. The first-order valence-electron chi connectivity index (χ1n) is 12.0. The van der Waals surface area contributed by atoms with Gasteiger partial charge in [0.05, 0.1) is 11.6 Å². The SMILES string of the molecule is CCOC(=O)Cn1c2c(sc1=O)C(c1ccc(N(CC)CC)cc1)C1C3CCC(C3)C1S2. The van der Waals surface area contributed by atoms with Gasteiger partial charge in [-0.15, -0.1) is 11.8 Å². The molecule has 0 saturated heterocycles. The van der Waals surface area contributed by atoms with Crippen LogP contribution in [0, 0.1) is 17.8 Å². The van der Waals surface area contributed by atoms with Crippen LogP contribution in [-0.4, -0.2) is 35.5 Å². The Bertz CT molecular complexity index is 1040. The summed E-state index contributed by atoms with van der Waals surface area (Å²) in [4.78, 5) is 28.7. The minimum atomic E-state index is -0.328. The van der Waals surface area contributed by atoms with Crippen molar-refractivity contribution < 1.29 is 9.53 Å². The number of thioether (sulfide) groups is 1. The van der Waals surface area contributed by atoms with E-state index in [1.807, 2.05) is 11.8 Å². The lowest BCUT2D eigenvalue weighted by Crippen LogP contribution is -2.34. The van der Waals surface area contributed by atoms with E-state index >= 15 is 0 Å². The van der Waals surface area contributed by atoms with Crippen LogP contribution >= 0.6 is 23.1 Å². The Morgan fingerprint density at radius 1 is 1.12 bits per heavy atom. The van der Waals surface area contributed by atoms with Crippen LogP contribution in [0.3, 0.4) is 0 Å². The van der Waals surface area contributed by atoms with E-state index in [0.717, 1.165) is 34.8 Å². The normalized spacial score (nSPS) is 27.8. The molecule has 0 spiro atoms. The number of ether oxygens (including phenoxy) is 1. The average molecular weight is 473 g/mol. The molecule has 5 unspecified atom stereocenters. The summed E-state index contributed by atoms with van der Waals surface area (Å²) < 4.78 is 6.84. The summed E-state index contributed by atoms with van der Waals surface area (Å²) in [5, 5.41) is 1.55. The maximum absolute atomic E-state index is 13.0. The highest BCUT2D eigenvalue weighted by Crippen LogP contribution is 2.64. The summed E-state index contributed by atoms with van der Waals surface area (Å²) in [6.07, 6.45) is 3.93. The van der Waals surface area contributed by atoms with E-state index in [9.17, 15) is 9.59 Å². The van der Waals surface area contributed by atoms with Gasteiger partial charge in [-0.1, -0.05) is 23.5 Å². The molecule has 32 heavy (non-hydrogen) atoms. The highest BCUT2D eigenvalue weighted by Gasteiger charge is 2.55. The number of aromatic nitrogens is 1. The zero-order chi connectivity index (χ0) is 22.4. The first-order chi connectivity index (χ1) is 15.5. The number of benzene rings is 1. The molecule has 2 heterocycles. The van der Waals surface area contributed by atoms with Gasteiger partial charge in [-0.25, -0.2) is 0 Å². The molecule has 5 rings (SSSR count). The molecule has 1 aromatic carbocycles. The predicted octanol–water partition coefficient (Wildman–Crippen LogP) is 4.97. The molecule has 5 nitrogen and oxygen atoms in total. The van der Waals surface area contributed by atoms with Crippen molar-refractivity contribution in [1.82, 2.24) is 4.57 Å². The molecule has 2 aliphatic carbocycles. The fourth-order valence-electron chi connectivity index (χ4n) is 6.28. The second kappa shape index (κ2) is 8.90. The summed E-state index contributed by atoms with van der Waals surface area (Å²) in [5.74, 6) is 1.98. The lowest BCUT2D eigenvalue weighted by molar-refractivity contribution is -0.144. The number of rotatable bonds is 7. The third kappa shape index (κ3) is 3.61. The molecule has 1 aliphatic heterocycles. The van der Waals surface area contributed by atoms with Crippen molar-refractivity contribution in [1.29, 1.82) is 0 Å². The zero-order valence-electron chi connectivity index (χ0n) is 19.1. The van der Waals surface area contributed by atoms with Gasteiger partial charge in [0.2, 0.25) is 0 Å². The smallest absolute Gasteiger partial charge is 0.326 e. The van der Waals surface area contributed by atoms with Gasteiger partial charge in [0.15, 0.2) is 0 Å². The van der Waals surface area contributed by atoms with Gasteiger partial charge >= 0.3 is 10.8 Å². The van der Waals surface area contributed by atoms with Crippen molar-refractivity contribution in [2.24, 2.45) is 17.8 Å². The number of nitrogens with zero attached hydrogens (tertiary/aromatic N) is 2. The summed E-state index contributed by atoms with van der Waals surface area (Å²) in [7, 11) is 0. The third-order valence-electron chi connectivity index (χ3n) is 7.66. The Kier molecular flexibility index (Phi) is 6.14. The first-order valence-corrected chi connectivity index (χ1v) is 13.7. The standard InChI is InChI=1S/C25H32N2O3S2/c1-4-26(5-2)18-11-9-15(10-12-18)20-21-16-7-8-17(13-16)22(21)31-24-23(20)32-25(29)27(24)14-19(28)30-6-3/h9-12,16-17,20-22H,4-8,13-14H2,1-3H3. The maximum atomic E-state index is 13.0. The summed E-state index contributed by atoms with van der Waals surface area (Å²) in [5.41, 5.74) is 2.57. The van der Waals surface area contributed by atoms with Gasteiger partial charge in [0, 0.05) is 34.8 Å².